The van der Waals surface area contributed by atoms with Crippen LogP contribution < -0.4 is 5.73 Å². The summed E-state index contributed by atoms with van der Waals surface area (Å²) in [5.74, 6) is 1.20. The Bertz CT molecular complexity index is 469. The van der Waals surface area contributed by atoms with E-state index in [1.165, 1.54) is 0 Å². The second-order valence-corrected chi connectivity index (χ2v) is 4.25. The number of hydrogen-bond donors (Lipinski definition) is 1. The molecule has 18 heavy (non-hydrogen) atoms. The maximum absolute atomic E-state index is 5.63. The first kappa shape index (κ1) is 12.7. The Kier molecular flexibility index (Phi) is 4.44. The Morgan fingerprint density at radius 3 is 2.72 bits per heavy atom. The van der Waals surface area contributed by atoms with Gasteiger partial charge in [0.2, 0.25) is 11.8 Å². The highest BCUT2D eigenvalue weighted by molar-refractivity contribution is 5.51. The van der Waals surface area contributed by atoms with Crippen molar-refractivity contribution in [1.82, 2.24) is 15.1 Å². The van der Waals surface area contributed by atoms with Gasteiger partial charge in [-0.1, -0.05) is 18.2 Å². The summed E-state index contributed by atoms with van der Waals surface area (Å²) in [5, 5.41) is 8.10. The van der Waals surface area contributed by atoms with Crippen molar-refractivity contribution in [2.75, 3.05) is 20.1 Å². The molecule has 0 amide bonds. The normalized spacial score (nSPS) is 11.1. The predicted molar refractivity (Wildman–Crippen MR) is 69.7 cm³/mol. The van der Waals surface area contributed by atoms with E-state index in [2.05, 4.69) is 15.1 Å². The summed E-state index contributed by atoms with van der Waals surface area (Å²) in [5.41, 5.74) is 6.42. The molecule has 5 heteroatoms. The third kappa shape index (κ3) is 3.38. The van der Waals surface area contributed by atoms with Crippen LogP contribution in [0.3, 0.4) is 0 Å². The van der Waals surface area contributed by atoms with Crippen LogP contribution in [0, 0.1) is 0 Å². The fourth-order valence-corrected chi connectivity index (χ4v) is 1.69. The zero-order chi connectivity index (χ0) is 12.8. The Labute approximate surface area is 107 Å². The Morgan fingerprint density at radius 2 is 2.00 bits per heavy atom. The third-order valence-corrected chi connectivity index (χ3v) is 2.64. The second-order valence-electron chi connectivity index (χ2n) is 4.25. The summed E-state index contributed by atoms with van der Waals surface area (Å²) >= 11 is 0. The van der Waals surface area contributed by atoms with Gasteiger partial charge in [-0.3, -0.25) is 4.90 Å². The van der Waals surface area contributed by atoms with E-state index in [0.717, 1.165) is 18.5 Å². The highest BCUT2D eigenvalue weighted by atomic mass is 16.4. The standard InChI is InChI=1S/C13H18N4O/c1-17(9-5-8-14)10-12-15-16-13(18-12)11-6-3-2-4-7-11/h2-4,6-7H,5,8-10,14H2,1H3. The zero-order valence-electron chi connectivity index (χ0n) is 10.5. The molecule has 96 valence electrons. The third-order valence-electron chi connectivity index (χ3n) is 2.64. The van der Waals surface area contributed by atoms with Crippen LogP contribution in [0.5, 0.6) is 0 Å². The van der Waals surface area contributed by atoms with Crippen molar-refractivity contribution >= 4 is 0 Å². The van der Waals surface area contributed by atoms with Gasteiger partial charge in [0.25, 0.3) is 0 Å². The molecule has 0 radical (unpaired) electrons. The molecule has 0 aliphatic rings. The van der Waals surface area contributed by atoms with Gasteiger partial charge in [-0.25, -0.2) is 0 Å². The van der Waals surface area contributed by atoms with Crippen molar-refractivity contribution in [1.29, 1.82) is 0 Å². The van der Waals surface area contributed by atoms with Crippen LogP contribution in [-0.4, -0.2) is 35.2 Å². The summed E-state index contributed by atoms with van der Waals surface area (Å²) in [6.07, 6.45) is 0.968. The molecule has 5 nitrogen and oxygen atoms in total. The highest BCUT2D eigenvalue weighted by Gasteiger charge is 2.09. The molecule has 0 saturated carbocycles. The quantitative estimate of drug-likeness (QED) is 0.837. The van der Waals surface area contributed by atoms with Gasteiger partial charge in [-0.05, 0) is 38.7 Å². The lowest BCUT2D eigenvalue weighted by Crippen LogP contribution is -2.21. The molecule has 0 aliphatic carbocycles. The van der Waals surface area contributed by atoms with Gasteiger partial charge in [0.1, 0.15) is 0 Å². The number of hydrogen-bond acceptors (Lipinski definition) is 5. The van der Waals surface area contributed by atoms with Crippen LogP contribution in [0.25, 0.3) is 11.5 Å². The van der Waals surface area contributed by atoms with Crippen molar-refractivity contribution in [3.63, 3.8) is 0 Å². The first-order valence-corrected chi connectivity index (χ1v) is 6.06. The molecular weight excluding hydrogens is 228 g/mol. The van der Waals surface area contributed by atoms with Crippen LogP contribution in [0.4, 0.5) is 0 Å². The van der Waals surface area contributed by atoms with Crippen molar-refractivity contribution in [3.8, 4) is 11.5 Å². The molecule has 0 aliphatic heterocycles. The molecule has 0 bridgehead atoms. The number of nitrogens with zero attached hydrogens (tertiary/aromatic N) is 3. The summed E-state index contributed by atoms with van der Waals surface area (Å²) in [7, 11) is 2.02. The lowest BCUT2D eigenvalue weighted by atomic mass is 10.2. The van der Waals surface area contributed by atoms with E-state index in [4.69, 9.17) is 10.2 Å². The number of aromatic nitrogens is 2. The summed E-state index contributed by atoms with van der Waals surface area (Å²) < 4.78 is 5.63. The molecule has 0 unspecified atom stereocenters. The summed E-state index contributed by atoms with van der Waals surface area (Å²) in [4.78, 5) is 2.12. The maximum atomic E-state index is 5.63. The van der Waals surface area contributed by atoms with Crippen molar-refractivity contribution in [2.24, 2.45) is 5.73 Å². The molecule has 0 atom stereocenters. The zero-order valence-corrected chi connectivity index (χ0v) is 10.5. The van der Waals surface area contributed by atoms with E-state index in [1.54, 1.807) is 0 Å². The van der Waals surface area contributed by atoms with Crippen LogP contribution >= 0.6 is 0 Å². The molecule has 2 aromatic rings. The minimum Gasteiger partial charge on any atom is -0.419 e. The smallest absolute Gasteiger partial charge is 0.247 e. The highest BCUT2D eigenvalue weighted by Crippen LogP contribution is 2.17. The fourth-order valence-electron chi connectivity index (χ4n) is 1.69. The molecule has 1 aromatic heterocycles. The van der Waals surface area contributed by atoms with E-state index in [1.807, 2.05) is 37.4 Å². The monoisotopic (exact) mass is 246 g/mol. The van der Waals surface area contributed by atoms with Crippen LogP contribution in [-0.2, 0) is 6.54 Å². The van der Waals surface area contributed by atoms with Gasteiger partial charge < -0.3 is 10.2 Å². The van der Waals surface area contributed by atoms with Gasteiger partial charge in [-0.15, -0.1) is 10.2 Å². The first-order valence-electron chi connectivity index (χ1n) is 6.06. The lowest BCUT2D eigenvalue weighted by molar-refractivity contribution is 0.288. The van der Waals surface area contributed by atoms with Gasteiger partial charge >= 0.3 is 0 Å². The second kappa shape index (κ2) is 6.28. The van der Waals surface area contributed by atoms with Gasteiger partial charge in [0.15, 0.2) is 0 Å². The van der Waals surface area contributed by atoms with Gasteiger partial charge in [0, 0.05) is 5.56 Å². The van der Waals surface area contributed by atoms with E-state index in [9.17, 15) is 0 Å². The SMILES string of the molecule is CN(CCCN)Cc1nnc(-c2ccccc2)o1. The number of rotatable bonds is 6. The Hall–Kier alpha value is -1.72. The molecule has 0 saturated heterocycles. The topological polar surface area (TPSA) is 68.2 Å². The molecule has 2 N–H and O–H groups in total. The largest absolute Gasteiger partial charge is 0.419 e. The predicted octanol–water partition coefficient (Wildman–Crippen LogP) is 1.52. The Balaban J connectivity index is 1.98. The molecule has 0 spiro atoms. The first-order chi connectivity index (χ1) is 8.79. The van der Waals surface area contributed by atoms with E-state index >= 15 is 0 Å². The van der Waals surface area contributed by atoms with Gasteiger partial charge in [-0.2, -0.15) is 0 Å². The average Bonchev–Trinajstić information content (AvgIpc) is 2.86. The van der Waals surface area contributed by atoms with E-state index in [-0.39, 0.29) is 0 Å². The Morgan fingerprint density at radius 1 is 1.22 bits per heavy atom. The van der Waals surface area contributed by atoms with Crippen molar-refractivity contribution in [2.45, 2.75) is 13.0 Å². The van der Waals surface area contributed by atoms with Crippen molar-refractivity contribution in [3.05, 3.63) is 36.2 Å². The maximum Gasteiger partial charge on any atom is 0.247 e. The van der Waals surface area contributed by atoms with Crippen LogP contribution in [0.1, 0.15) is 12.3 Å². The lowest BCUT2D eigenvalue weighted by Gasteiger charge is -2.12. The van der Waals surface area contributed by atoms with Gasteiger partial charge in [0.05, 0.1) is 6.54 Å². The molecule has 1 heterocycles. The van der Waals surface area contributed by atoms with Crippen molar-refractivity contribution < 1.29 is 4.42 Å². The summed E-state index contributed by atoms with van der Waals surface area (Å²) in [6, 6.07) is 9.77. The van der Waals surface area contributed by atoms with E-state index < -0.39 is 0 Å². The minimum absolute atomic E-state index is 0.567. The molecular formula is C13H18N4O. The minimum atomic E-state index is 0.567. The number of benzene rings is 1. The molecule has 2 rings (SSSR count). The summed E-state index contributed by atoms with van der Waals surface area (Å²) in [6.45, 7) is 2.28. The molecule has 0 fully saturated rings. The van der Waals surface area contributed by atoms with Crippen LogP contribution in [0.2, 0.25) is 0 Å². The number of nitrogens with two attached hydrogens (primary N) is 1. The van der Waals surface area contributed by atoms with E-state index in [0.29, 0.717) is 24.9 Å². The average molecular weight is 246 g/mol. The van der Waals surface area contributed by atoms with Crippen LogP contribution in [0.15, 0.2) is 34.7 Å². The molecule has 1 aromatic carbocycles. The fraction of sp³-hybridized carbons (Fsp3) is 0.385.